The SMILES string of the molecule is Cc1ccc(NCC2Cc3ccccc32)c(C(=O)O)c1. The topological polar surface area (TPSA) is 49.3 Å². The summed E-state index contributed by atoms with van der Waals surface area (Å²) in [5.74, 6) is -0.403. The first-order chi connectivity index (χ1) is 9.65. The molecular formula is C17H17NO2. The normalized spacial score (nSPS) is 16.1. The average molecular weight is 267 g/mol. The molecule has 0 aliphatic heterocycles. The number of aromatic carboxylic acids is 1. The maximum absolute atomic E-state index is 11.3. The highest BCUT2D eigenvalue weighted by molar-refractivity contribution is 5.94. The molecule has 3 rings (SSSR count). The summed E-state index contributed by atoms with van der Waals surface area (Å²) in [5, 5.41) is 12.5. The predicted octanol–water partition coefficient (Wildman–Crippen LogP) is 3.45. The van der Waals surface area contributed by atoms with E-state index in [1.165, 1.54) is 11.1 Å². The van der Waals surface area contributed by atoms with Crippen molar-refractivity contribution in [2.24, 2.45) is 0 Å². The highest BCUT2D eigenvalue weighted by atomic mass is 16.4. The van der Waals surface area contributed by atoms with Gasteiger partial charge in [-0.2, -0.15) is 0 Å². The highest BCUT2D eigenvalue weighted by Crippen LogP contribution is 2.35. The lowest BCUT2D eigenvalue weighted by molar-refractivity contribution is 0.0698. The first kappa shape index (κ1) is 12.7. The van der Waals surface area contributed by atoms with Gasteiger partial charge in [0.1, 0.15) is 0 Å². The molecule has 0 fully saturated rings. The summed E-state index contributed by atoms with van der Waals surface area (Å²) in [4.78, 5) is 11.3. The van der Waals surface area contributed by atoms with E-state index in [-0.39, 0.29) is 0 Å². The lowest BCUT2D eigenvalue weighted by atomic mass is 9.77. The molecule has 0 saturated carbocycles. The largest absolute Gasteiger partial charge is 0.478 e. The quantitative estimate of drug-likeness (QED) is 0.892. The van der Waals surface area contributed by atoms with E-state index < -0.39 is 5.97 Å². The minimum atomic E-state index is -0.884. The Kier molecular flexibility index (Phi) is 3.18. The Morgan fingerprint density at radius 2 is 2.10 bits per heavy atom. The highest BCUT2D eigenvalue weighted by Gasteiger charge is 2.25. The second-order valence-corrected chi connectivity index (χ2v) is 5.33. The van der Waals surface area contributed by atoms with E-state index in [2.05, 4.69) is 29.6 Å². The zero-order valence-corrected chi connectivity index (χ0v) is 11.4. The van der Waals surface area contributed by atoms with Crippen molar-refractivity contribution in [3.05, 3.63) is 64.7 Å². The Hall–Kier alpha value is -2.29. The molecule has 2 aromatic rings. The second-order valence-electron chi connectivity index (χ2n) is 5.33. The van der Waals surface area contributed by atoms with Crippen LogP contribution in [0.15, 0.2) is 42.5 Å². The third-order valence-corrected chi connectivity index (χ3v) is 3.91. The number of benzene rings is 2. The standard InChI is InChI=1S/C17H17NO2/c1-11-6-7-16(15(8-11)17(19)20)18-10-13-9-12-4-2-3-5-14(12)13/h2-8,13,18H,9-10H2,1H3,(H,19,20). The van der Waals surface area contributed by atoms with Gasteiger partial charge in [0.15, 0.2) is 0 Å². The second kappa shape index (κ2) is 5.00. The molecular weight excluding hydrogens is 250 g/mol. The molecule has 3 heteroatoms. The molecule has 0 bridgehead atoms. The number of fused-ring (bicyclic) bond motifs is 1. The minimum absolute atomic E-state index is 0.345. The van der Waals surface area contributed by atoms with Gasteiger partial charge in [0.25, 0.3) is 0 Å². The lowest BCUT2D eigenvalue weighted by Crippen LogP contribution is -2.24. The summed E-state index contributed by atoms with van der Waals surface area (Å²) in [6.45, 7) is 2.68. The van der Waals surface area contributed by atoms with Crippen LogP contribution in [0.2, 0.25) is 0 Å². The van der Waals surface area contributed by atoms with Crippen LogP contribution in [0.1, 0.15) is 33.0 Å². The minimum Gasteiger partial charge on any atom is -0.478 e. The first-order valence-corrected chi connectivity index (χ1v) is 6.81. The van der Waals surface area contributed by atoms with E-state index in [9.17, 15) is 9.90 Å². The zero-order chi connectivity index (χ0) is 14.1. The van der Waals surface area contributed by atoms with Crippen molar-refractivity contribution in [3.63, 3.8) is 0 Å². The van der Waals surface area contributed by atoms with E-state index in [1.54, 1.807) is 6.07 Å². The molecule has 3 nitrogen and oxygen atoms in total. The Balaban J connectivity index is 1.73. The van der Waals surface area contributed by atoms with Gasteiger partial charge in [-0.25, -0.2) is 4.79 Å². The van der Waals surface area contributed by atoms with E-state index >= 15 is 0 Å². The van der Waals surface area contributed by atoms with Crippen molar-refractivity contribution >= 4 is 11.7 Å². The third kappa shape index (κ3) is 2.27. The van der Waals surface area contributed by atoms with E-state index in [1.807, 2.05) is 19.1 Å². The van der Waals surface area contributed by atoms with Crippen LogP contribution in [0.25, 0.3) is 0 Å². The van der Waals surface area contributed by atoms with Gasteiger partial charge < -0.3 is 10.4 Å². The van der Waals surface area contributed by atoms with E-state index in [0.29, 0.717) is 17.2 Å². The number of carbonyl (C=O) groups is 1. The van der Waals surface area contributed by atoms with Crippen molar-refractivity contribution in [1.82, 2.24) is 0 Å². The van der Waals surface area contributed by atoms with Crippen LogP contribution in [-0.4, -0.2) is 17.6 Å². The number of hydrogen-bond donors (Lipinski definition) is 2. The van der Waals surface area contributed by atoms with E-state index in [0.717, 1.165) is 18.5 Å². The van der Waals surface area contributed by atoms with Gasteiger partial charge >= 0.3 is 5.97 Å². The third-order valence-electron chi connectivity index (χ3n) is 3.91. The molecule has 0 spiro atoms. The number of aryl methyl sites for hydroxylation is 1. The number of rotatable bonds is 4. The van der Waals surface area contributed by atoms with Crippen LogP contribution in [0.4, 0.5) is 5.69 Å². The Morgan fingerprint density at radius 1 is 1.30 bits per heavy atom. The molecule has 0 radical (unpaired) electrons. The maximum atomic E-state index is 11.3. The van der Waals surface area contributed by atoms with Crippen LogP contribution in [0.5, 0.6) is 0 Å². The molecule has 0 saturated heterocycles. The molecule has 0 aromatic heterocycles. The fraction of sp³-hybridized carbons (Fsp3) is 0.235. The summed E-state index contributed by atoms with van der Waals surface area (Å²) in [6.07, 6.45) is 1.07. The molecule has 1 aliphatic rings. The van der Waals surface area contributed by atoms with Crippen LogP contribution in [0.3, 0.4) is 0 Å². The molecule has 2 N–H and O–H groups in total. The molecule has 1 aliphatic carbocycles. The van der Waals surface area contributed by atoms with Gasteiger partial charge in [-0.05, 0) is 36.6 Å². The van der Waals surface area contributed by atoms with Crippen molar-refractivity contribution in [3.8, 4) is 0 Å². The monoisotopic (exact) mass is 267 g/mol. The smallest absolute Gasteiger partial charge is 0.337 e. The number of hydrogen-bond acceptors (Lipinski definition) is 2. The summed E-state index contributed by atoms with van der Waals surface area (Å²) >= 11 is 0. The van der Waals surface area contributed by atoms with Gasteiger partial charge in [0, 0.05) is 18.2 Å². The maximum Gasteiger partial charge on any atom is 0.337 e. The molecule has 0 amide bonds. The number of anilines is 1. The van der Waals surface area contributed by atoms with Crippen LogP contribution in [0, 0.1) is 6.92 Å². The summed E-state index contributed by atoms with van der Waals surface area (Å²) < 4.78 is 0. The van der Waals surface area contributed by atoms with Crippen LogP contribution in [-0.2, 0) is 6.42 Å². The van der Waals surface area contributed by atoms with Gasteiger partial charge in [0.05, 0.1) is 5.56 Å². The van der Waals surface area contributed by atoms with Crippen LogP contribution < -0.4 is 5.32 Å². The first-order valence-electron chi connectivity index (χ1n) is 6.81. The Morgan fingerprint density at radius 3 is 2.85 bits per heavy atom. The van der Waals surface area contributed by atoms with Gasteiger partial charge in [-0.15, -0.1) is 0 Å². The fourth-order valence-electron chi connectivity index (χ4n) is 2.77. The lowest BCUT2D eigenvalue weighted by Gasteiger charge is -2.30. The van der Waals surface area contributed by atoms with Crippen LogP contribution >= 0.6 is 0 Å². The summed E-state index contributed by atoms with van der Waals surface area (Å²) in [7, 11) is 0. The summed E-state index contributed by atoms with van der Waals surface area (Å²) in [6, 6.07) is 13.9. The molecule has 102 valence electrons. The number of nitrogens with one attached hydrogen (secondary N) is 1. The van der Waals surface area contributed by atoms with E-state index in [4.69, 9.17) is 0 Å². The van der Waals surface area contributed by atoms with Gasteiger partial charge in [-0.3, -0.25) is 0 Å². The Labute approximate surface area is 118 Å². The molecule has 20 heavy (non-hydrogen) atoms. The zero-order valence-electron chi connectivity index (χ0n) is 11.4. The fourth-order valence-corrected chi connectivity index (χ4v) is 2.77. The van der Waals surface area contributed by atoms with Crippen molar-refractivity contribution in [1.29, 1.82) is 0 Å². The Bertz CT molecular complexity index is 664. The van der Waals surface area contributed by atoms with Crippen molar-refractivity contribution in [2.75, 3.05) is 11.9 Å². The number of carboxylic acid groups (broad SMARTS) is 1. The average Bonchev–Trinajstić information content (AvgIpc) is 2.41. The van der Waals surface area contributed by atoms with Crippen molar-refractivity contribution in [2.45, 2.75) is 19.3 Å². The number of carboxylic acids is 1. The van der Waals surface area contributed by atoms with Gasteiger partial charge in [-0.1, -0.05) is 35.9 Å². The molecule has 1 unspecified atom stereocenters. The van der Waals surface area contributed by atoms with Gasteiger partial charge in [0.2, 0.25) is 0 Å². The molecule has 2 aromatic carbocycles. The molecule has 1 atom stereocenters. The van der Waals surface area contributed by atoms with Crippen molar-refractivity contribution < 1.29 is 9.90 Å². The predicted molar refractivity (Wildman–Crippen MR) is 79.5 cm³/mol. The summed E-state index contributed by atoms with van der Waals surface area (Å²) in [5.41, 5.74) is 4.79. The molecule has 0 heterocycles.